The van der Waals surface area contributed by atoms with Crippen molar-refractivity contribution in [3.8, 4) is 5.69 Å². The van der Waals surface area contributed by atoms with Gasteiger partial charge in [0.05, 0.1) is 22.9 Å². The number of aryl methyl sites for hydroxylation is 1. The van der Waals surface area contributed by atoms with Crippen molar-refractivity contribution in [3.63, 3.8) is 0 Å². The molecule has 0 bridgehead atoms. The Morgan fingerprint density at radius 3 is 2.12 bits per heavy atom. The molecule has 0 aliphatic rings. The minimum Gasteiger partial charge on any atom is -0.268 e. The molecule has 0 radical (unpaired) electrons. The quantitative estimate of drug-likeness (QED) is 0.388. The van der Waals surface area contributed by atoms with Crippen LogP contribution in [-0.2, 0) is 0 Å². The zero-order chi connectivity index (χ0) is 22.4. The summed E-state index contributed by atoms with van der Waals surface area (Å²) in [5, 5.41) is 5.05. The molecule has 0 fully saturated rings. The Labute approximate surface area is 188 Å². The zero-order valence-electron chi connectivity index (χ0n) is 17.8. The van der Waals surface area contributed by atoms with E-state index in [0.29, 0.717) is 33.5 Å². The van der Waals surface area contributed by atoms with Crippen LogP contribution in [0.2, 0.25) is 0 Å². The number of benzene rings is 3. The highest BCUT2D eigenvalue weighted by molar-refractivity contribution is 6.05. The molecule has 0 spiro atoms. The number of fused-ring (bicyclic) bond motifs is 4. The second-order valence-electron chi connectivity index (χ2n) is 7.69. The fraction of sp³-hybridized carbons (Fsp3) is 0.0385. The van der Waals surface area contributed by atoms with Crippen LogP contribution in [0.3, 0.4) is 0 Å². The van der Waals surface area contributed by atoms with Crippen LogP contribution in [0.1, 0.15) is 11.4 Å². The van der Waals surface area contributed by atoms with Crippen molar-refractivity contribution in [1.29, 1.82) is 0 Å². The smallest absolute Gasteiger partial charge is 0.268 e. The van der Waals surface area contributed by atoms with Crippen molar-refractivity contribution in [3.05, 3.63) is 107 Å². The topological polar surface area (TPSA) is 78.0 Å². The Morgan fingerprint density at radius 1 is 0.758 bits per heavy atom. The zero-order valence-corrected chi connectivity index (χ0v) is 17.8. The summed E-state index contributed by atoms with van der Waals surface area (Å²) in [5.74, 6) is 0.558. The number of rotatable bonds is 3. The van der Waals surface area contributed by atoms with Gasteiger partial charge >= 0.3 is 0 Å². The van der Waals surface area contributed by atoms with Gasteiger partial charge < -0.3 is 0 Å². The lowest BCUT2D eigenvalue weighted by Crippen LogP contribution is -2.22. The summed E-state index contributed by atoms with van der Waals surface area (Å²) >= 11 is 0. The number of hydrogen-bond acceptors (Lipinski definition) is 5. The predicted octanol–water partition coefficient (Wildman–Crippen LogP) is 4.47. The van der Waals surface area contributed by atoms with E-state index >= 15 is 0 Å². The van der Waals surface area contributed by atoms with Crippen molar-refractivity contribution in [1.82, 2.24) is 24.2 Å². The fourth-order valence-corrected chi connectivity index (χ4v) is 4.03. The molecule has 0 unspecified atom stereocenters. The van der Waals surface area contributed by atoms with E-state index < -0.39 is 0 Å². The van der Waals surface area contributed by atoms with E-state index in [2.05, 4.69) is 5.10 Å². The molecular formula is C26H18N6O. The van der Waals surface area contributed by atoms with Gasteiger partial charge in [0.2, 0.25) is 0 Å². The summed E-state index contributed by atoms with van der Waals surface area (Å²) in [6, 6.07) is 26.8. The Bertz CT molecular complexity index is 1730. The van der Waals surface area contributed by atoms with Crippen LogP contribution < -0.4 is 5.56 Å². The van der Waals surface area contributed by atoms with Gasteiger partial charge in [0.25, 0.3) is 5.56 Å². The molecule has 0 N–H and O–H groups in total. The van der Waals surface area contributed by atoms with Crippen molar-refractivity contribution >= 4 is 39.4 Å². The highest BCUT2D eigenvalue weighted by Gasteiger charge is 2.21. The molecule has 0 aliphatic heterocycles. The molecule has 0 saturated carbocycles. The molecule has 6 rings (SSSR count). The SMILES string of the molecule is Cc1nc2c(c(=O)n1-c1ccccc1)c1nc3ccccc3nc1n2/N=C/c1ccccc1. The van der Waals surface area contributed by atoms with Crippen molar-refractivity contribution < 1.29 is 0 Å². The number of nitrogens with zero attached hydrogens (tertiary/aromatic N) is 6. The van der Waals surface area contributed by atoms with Crippen LogP contribution in [0.25, 0.3) is 38.9 Å². The van der Waals surface area contributed by atoms with Gasteiger partial charge in [-0.2, -0.15) is 9.78 Å². The Kier molecular flexibility index (Phi) is 4.33. The highest BCUT2D eigenvalue weighted by Crippen LogP contribution is 2.26. The maximum Gasteiger partial charge on any atom is 0.269 e. The molecule has 0 aliphatic carbocycles. The van der Waals surface area contributed by atoms with Crippen LogP contribution in [0.15, 0.2) is 94.8 Å². The number of aromatic nitrogens is 5. The lowest BCUT2D eigenvalue weighted by atomic mass is 10.2. The summed E-state index contributed by atoms with van der Waals surface area (Å²) < 4.78 is 3.21. The van der Waals surface area contributed by atoms with Gasteiger partial charge in [-0.3, -0.25) is 9.36 Å². The second-order valence-corrected chi connectivity index (χ2v) is 7.69. The highest BCUT2D eigenvalue weighted by atomic mass is 16.1. The summed E-state index contributed by atoms with van der Waals surface area (Å²) in [5.41, 5.74) is 4.31. The van der Waals surface area contributed by atoms with Crippen molar-refractivity contribution in [2.24, 2.45) is 5.10 Å². The monoisotopic (exact) mass is 430 g/mol. The van der Waals surface area contributed by atoms with E-state index in [9.17, 15) is 4.79 Å². The van der Waals surface area contributed by atoms with Crippen molar-refractivity contribution in [2.45, 2.75) is 6.92 Å². The standard InChI is InChI=1S/C26H18N6O/c1-17-28-24-22(26(33)31(17)19-12-6-3-7-13-19)23-25(30-21-15-9-8-14-20(21)29-23)32(24)27-16-18-10-4-2-5-11-18/h2-16H,1H3/b27-16+. The third-order valence-corrected chi connectivity index (χ3v) is 5.56. The maximum absolute atomic E-state index is 13.8. The van der Waals surface area contributed by atoms with Crippen LogP contribution in [0, 0.1) is 6.92 Å². The molecule has 7 nitrogen and oxygen atoms in total. The van der Waals surface area contributed by atoms with Gasteiger partial charge in [-0.15, -0.1) is 0 Å². The van der Waals surface area contributed by atoms with Gasteiger partial charge in [-0.25, -0.2) is 15.0 Å². The molecule has 7 heteroatoms. The first-order valence-electron chi connectivity index (χ1n) is 10.6. The third kappa shape index (κ3) is 3.10. The summed E-state index contributed by atoms with van der Waals surface area (Å²) in [7, 11) is 0. The van der Waals surface area contributed by atoms with Gasteiger partial charge in [-0.1, -0.05) is 60.7 Å². The van der Waals surface area contributed by atoms with Gasteiger partial charge in [0.15, 0.2) is 11.3 Å². The lowest BCUT2D eigenvalue weighted by Gasteiger charge is -2.09. The Morgan fingerprint density at radius 2 is 1.39 bits per heavy atom. The normalized spacial score (nSPS) is 11.8. The molecular weight excluding hydrogens is 412 g/mol. The largest absolute Gasteiger partial charge is 0.269 e. The van der Waals surface area contributed by atoms with Crippen LogP contribution >= 0.6 is 0 Å². The van der Waals surface area contributed by atoms with Gasteiger partial charge in [-0.05, 0) is 36.8 Å². The van der Waals surface area contributed by atoms with E-state index in [-0.39, 0.29) is 5.56 Å². The van der Waals surface area contributed by atoms with E-state index in [0.717, 1.165) is 16.8 Å². The average molecular weight is 430 g/mol. The lowest BCUT2D eigenvalue weighted by molar-refractivity contribution is 0.865. The first kappa shape index (κ1) is 19.1. The first-order chi connectivity index (χ1) is 16.2. The van der Waals surface area contributed by atoms with Gasteiger partial charge in [0, 0.05) is 0 Å². The number of hydrogen-bond donors (Lipinski definition) is 0. The predicted molar refractivity (Wildman–Crippen MR) is 130 cm³/mol. The maximum atomic E-state index is 13.8. The molecule has 6 aromatic rings. The molecule has 0 amide bonds. The van der Waals surface area contributed by atoms with E-state index in [1.54, 1.807) is 15.5 Å². The van der Waals surface area contributed by atoms with E-state index in [4.69, 9.17) is 15.0 Å². The van der Waals surface area contributed by atoms with Crippen LogP contribution in [0.4, 0.5) is 0 Å². The summed E-state index contributed by atoms with van der Waals surface area (Å²) in [6.45, 7) is 1.81. The Balaban J connectivity index is 1.73. The molecule has 3 aromatic carbocycles. The van der Waals surface area contributed by atoms with E-state index in [1.807, 2.05) is 91.9 Å². The Hall–Kier alpha value is -4.65. The minimum atomic E-state index is -0.202. The molecule has 158 valence electrons. The van der Waals surface area contributed by atoms with Crippen LogP contribution in [0.5, 0.6) is 0 Å². The molecule has 3 heterocycles. The number of para-hydroxylation sites is 3. The third-order valence-electron chi connectivity index (χ3n) is 5.56. The molecule has 33 heavy (non-hydrogen) atoms. The van der Waals surface area contributed by atoms with Crippen LogP contribution in [-0.4, -0.2) is 30.4 Å². The molecule has 0 atom stereocenters. The average Bonchev–Trinajstić information content (AvgIpc) is 3.14. The summed E-state index contributed by atoms with van der Waals surface area (Å²) in [4.78, 5) is 28.2. The first-order valence-corrected chi connectivity index (χ1v) is 10.6. The van der Waals surface area contributed by atoms with Gasteiger partial charge in [0.1, 0.15) is 16.7 Å². The fourth-order valence-electron chi connectivity index (χ4n) is 4.03. The summed E-state index contributed by atoms with van der Waals surface area (Å²) in [6.07, 6.45) is 1.73. The molecule has 0 saturated heterocycles. The second kappa shape index (κ2) is 7.49. The molecule has 3 aromatic heterocycles. The van der Waals surface area contributed by atoms with Crippen molar-refractivity contribution in [2.75, 3.05) is 0 Å². The van der Waals surface area contributed by atoms with E-state index in [1.165, 1.54) is 0 Å². The minimum absolute atomic E-state index is 0.202.